The number of aliphatic imine (C=N–C) groups is 1. The molecule has 0 aliphatic carbocycles. The lowest BCUT2D eigenvalue weighted by Crippen LogP contribution is -2.31. The third-order valence-electron chi connectivity index (χ3n) is 6.15. The Bertz CT molecular complexity index is 1170. The summed E-state index contributed by atoms with van der Waals surface area (Å²) < 4.78 is 0. The second kappa shape index (κ2) is 11.0. The molecule has 3 aromatic rings. The first kappa shape index (κ1) is 23.5. The lowest BCUT2D eigenvalue weighted by atomic mass is 10.0. The Hall–Kier alpha value is -3.61. The minimum Gasteiger partial charge on any atom is -0.382 e. The first-order chi connectivity index (χ1) is 16.5. The molecule has 3 heterocycles. The number of nitrogens with two attached hydrogens (primary N) is 1. The smallest absolute Gasteiger partial charge is 0.150 e. The molecule has 0 amide bonds. The lowest BCUT2D eigenvalue weighted by molar-refractivity contribution is 0.264. The number of pyridine rings is 2. The molecule has 1 atom stereocenters. The van der Waals surface area contributed by atoms with Crippen LogP contribution in [-0.2, 0) is 6.54 Å². The van der Waals surface area contributed by atoms with Crippen molar-refractivity contribution < 1.29 is 0 Å². The average molecular weight is 453 g/mol. The van der Waals surface area contributed by atoms with Crippen molar-refractivity contribution >= 4 is 11.5 Å². The highest BCUT2D eigenvalue weighted by atomic mass is 15.2. The number of likely N-dealkylation sites (N-methyl/N-ethyl adjacent to an activating group) is 1. The van der Waals surface area contributed by atoms with Gasteiger partial charge >= 0.3 is 0 Å². The summed E-state index contributed by atoms with van der Waals surface area (Å²) in [6, 6.07) is 17.1. The normalized spacial score (nSPS) is 17.3. The molecule has 1 aliphatic heterocycles. The van der Waals surface area contributed by atoms with E-state index in [0.717, 1.165) is 36.3 Å². The van der Waals surface area contributed by atoms with Gasteiger partial charge in [-0.25, -0.2) is 4.99 Å². The molecule has 2 aromatic heterocycles. The zero-order chi connectivity index (χ0) is 23.9. The highest BCUT2D eigenvalue weighted by molar-refractivity contribution is 5.99. The van der Waals surface area contributed by atoms with Gasteiger partial charge in [0.15, 0.2) is 0 Å². The van der Waals surface area contributed by atoms with Crippen molar-refractivity contribution in [3.05, 3.63) is 103 Å². The zero-order valence-corrected chi connectivity index (χ0v) is 19.9. The molecule has 0 bridgehead atoms. The van der Waals surface area contributed by atoms with Gasteiger partial charge in [0.25, 0.3) is 0 Å². The van der Waals surface area contributed by atoms with Gasteiger partial charge in [0, 0.05) is 55.4 Å². The molecule has 1 aromatic carbocycles. The molecule has 0 saturated carbocycles. The van der Waals surface area contributed by atoms with Gasteiger partial charge in [-0.2, -0.15) is 0 Å². The van der Waals surface area contributed by atoms with Crippen molar-refractivity contribution in [2.75, 3.05) is 27.2 Å². The van der Waals surface area contributed by atoms with Gasteiger partial charge in [0.2, 0.25) is 0 Å². The third kappa shape index (κ3) is 5.84. The Morgan fingerprint density at radius 1 is 1.18 bits per heavy atom. The van der Waals surface area contributed by atoms with E-state index >= 15 is 0 Å². The fourth-order valence-corrected chi connectivity index (χ4v) is 4.19. The minimum absolute atomic E-state index is 0.349. The first-order valence-corrected chi connectivity index (χ1v) is 11.6. The van der Waals surface area contributed by atoms with Gasteiger partial charge in [0.05, 0.1) is 5.70 Å². The standard InChI is InChI=1S/C28H32N6/c1-4-7-26(32-28(29)27-8-5-6-14-31-27)24-16-23(17-30-18-24)22-11-9-21(10-12-22)19-34-15-13-25(20-34)33(2)3/h4-12,14,16-18,25H,1,13,15,19-20H2,2-3H3,(H2,29,32)/b26-7-/t25-/m1/s1. The molecule has 6 nitrogen and oxygen atoms in total. The Balaban J connectivity index is 1.51. The monoisotopic (exact) mass is 452 g/mol. The maximum Gasteiger partial charge on any atom is 0.150 e. The maximum atomic E-state index is 6.21. The molecule has 6 heteroatoms. The minimum atomic E-state index is 0.349. The van der Waals surface area contributed by atoms with E-state index in [4.69, 9.17) is 5.73 Å². The fourth-order valence-electron chi connectivity index (χ4n) is 4.19. The van der Waals surface area contributed by atoms with Gasteiger partial charge in [0.1, 0.15) is 11.5 Å². The molecular formula is C28H32N6. The number of hydrogen-bond acceptors (Lipinski definition) is 5. The van der Waals surface area contributed by atoms with Crippen LogP contribution in [0.25, 0.3) is 16.8 Å². The predicted octanol–water partition coefficient (Wildman–Crippen LogP) is 4.21. The molecule has 34 heavy (non-hydrogen) atoms. The van der Waals surface area contributed by atoms with Crippen LogP contribution in [0.3, 0.4) is 0 Å². The van der Waals surface area contributed by atoms with Crippen LogP contribution in [0.4, 0.5) is 0 Å². The summed E-state index contributed by atoms with van der Waals surface area (Å²) in [6.07, 6.45) is 10.1. The fraction of sp³-hybridized carbons (Fsp3) is 0.250. The van der Waals surface area contributed by atoms with E-state index in [0.29, 0.717) is 23.3 Å². The highest BCUT2D eigenvalue weighted by Gasteiger charge is 2.23. The molecule has 1 aliphatic rings. The highest BCUT2D eigenvalue weighted by Crippen LogP contribution is 2.25. The van der Waals surface area contributed by atoms with Crippen LogP contribution in [-0.4, -0.2) is 58.8 Å². The van der Waals surface area contributed by atoms with E-state index < -0.39 is 0 Å². The van der Waals surface area contributed by atoms with Crippen LogP contribution < -0.4 is 5.73 Å². The summed E-state index contributed by atoms with van der Waals surface area (Å²) in [5.74, 6) is 0.349. The average Bonchev–Trinajstić information content (AvgIpc) is 3.34. The molecule has 0 spiro atoms. The molecule has 174 valence electrons. The van der Waals surface area contributed by atoms with Crippen LogP contribution in [0.1, 0.15) is 23.2 Å². The summed E-state index contributed by atoms with van der Waals surface area (Å²) in [5.41, 5.74) is 11.9. The lowest BCUT2D eigenvalue weighted by Gasteiger charge is -2.20. The van der Waals surface area contributed by atoms with Crippen LogP contribution in [0.15, 0.2) is 90.8 Å². The van der Waals surface area contributed by atoms with E-state index in [1.165, 1.54) is 12.0 Å². The van der Waals surface area contributed by atoms with Crippen molar-refractivity contribution in [2.24, 2.45) is 10.7 Å². The third-order valence-corrected chi connectivity index (χ3v) is 6.15. The van der Waals surface area contributed by atoms with Crippen LogP contribution >= 0.6 is 0 Å². The van der Waals surface area contributed by atoms with Crippen molar-refractivity contribution in [1.29, 1.82) is 0 Å². The second-order valence-electron chi connectivity index (χ2n) is 8.80. The first-order valence-electron chi connectivity index (χ1n) is 11.6. The van der Waals surface area contributed by atoms with Crippen molar-refractivity contribution in [3.63, 3.8) is 0 Å². The van der Waals surface area contributed by atoms with Crippen LogP contribution in [0.2, 0.25) is 0 Å². The van der Waals surface area contributed by atoms with E-state index in [-0.39, 0.29) is 0 Å². The van der Waals surface area contributed by atoms with Crippen LogP contribution in [0, 0.1) is 0 Å². The molecule has 1 saturated heterocycles. The van der Waals surface area contributed by atoms with Gasteiger partial charge in [-0.1, -0.05) is 43.0 Å². The SMILES string of the molecule is C=C/C=C(\N=C(N)c1ccccn1)c1cncc(-c2ccc(CN3CC[C@@H](N(C)C)C3)cc2)c1. The molecule has 0 radical (unpaired) electrons. The molecule has 2 N–H and O–H groups in total. The van der Waals surface area contributed by atoms with E-state index in [9.17, 15) is 0 Å². The number of allylic oxidation sites excluding steroid dienone is 2. The zero-order valence-electron chi connectivity index (χ0n) is 19.9. The largest absolute Gasteiger partial charge is 0.382 e. The number of likely N-dealkylation sites (tertiary alicyclic amines) is 1. The molecule has 0 unspecified atom stereocenters. The summed E-state index contributed by atoms with van der Waals surface area (Å²) in [6.45, 7) is 7.08. The Kier molecular flexibility index (Phi) is 7.62. The topological polar surface area (TPSA) is 70.6 Å². The van der Waals surface area contributed by atoms with Crippen molar-refractivity contribution in [2.45, 2.75) is 19.0 Å². The summed E-state index contributed by atoms with van der Waals surface area (Å²) >= 11 is 0. The Morgan fingerprint density at radius 3 is 2.68 bits per heavy atom. The van der Waals surface area contributed by atoms with Gasteiger partial charge in [-0.3, -0.25) is 14.9 Å². The van der Waals surface area contributed by atoms with Crippen LogP contribution in [0.5, 0.6) is 0 Å². The van der Waals surface area contributed by atoms with E-state index in [1.54, 1.807) is 18.5 Å². The second-order valence-corrected chi connectivity index (χ2v) is 8.80. The number of nitrogens with zero attached hydrogens (tertiary/aromatic N) is 5. The predicted molar refractivity (Wildman–Crippen MR) is 140 cm³/mol. The molecular weight excluding hydrogens is 420 g/mol. The van der Waals surface area contributed by atoms with Crippen molar-refractivity contribution in [1.82, 2.24) is 19.8 Å². The van der Waals surface area contributed by atoms with Gasteiger partial charge in [-0.05, 0) is 55.9 Å². The van der Waals surface area contributed by atoms with E-state index in [1.807, 2.05) is 30.5 Å². The summed E-state index contributed by atoms with van der Waals surface area (Å²) in [5, 5.41) is 0. The van der Waals surface area contributed by atoms with E-state index in [2.05, 4.69) is 75.8 Å². The van der Waals surface area contributed by atoms with Gasteiger partial charge < -0.3 is 10.6 Å². The summed E-state index contributed by atoms with van der Waals surface area (Å²) in [4.78, 5) is 18.2. The van der Waals surface area contributed by atoms with Crippen molar-refractivity contribution in [3.8, 4) is 11.1 Å². The molecule has 1 fully saturated rings. The number of benzene rings is 1. The number of aromatic nitrogens is 2. The number of hydrogen-bond donors (Lipinski definition) is 1. The number of rotatable bonds is 8. The summed E-state index contributed by atoms with van der Waals surface area (Å²) in [7, 11) is 4.33. The Labute approximate surface area is 202 Å². The maximum absolute atomic E-state index is 6.21. The number of amidine groups is 1. The van der Waals surface area contributed by atoms with Gasteiger partial charge in [-0.15, -0.1) is 0 Å². The Morgan fingerprint density at radius 2 is 2.00 bits per heavy atom. The quantitative estimate of drug-likeness (QED) is 0.315. The molecule has 4 rings (SSSR count).